The van der Waals surface area contributed by atoms with Crippen molar-refractivity contribution in [2.75, 3.05) is 13.1 Å². The summed E-state index contributed by atoms with van der Waals surface area (Å²) in [6.45, 7) is 7.07. The van der Waals surface area contributed by atoms with Crippen LogP contribution in [-0.4, -0.2) is 28.2 Å². The second-order valence-electron chi connectivity index (χ2n) is 4.20. The lowest BCUT2D eigenvalue weighted by molar-refractivity contribution is 0.247. The van der Waals surface area contributed by atoms with Crippen LogP contribution in [0.3, 0.4) is 0 Å². The van der Waals surface area contributed by atoms with Crippen molar-refractivity contribution in [2.45, 2.75) is 33.2 Å². The first-order valence-electron chi connectivity index (χ1n) is 6.42. The van der Waals surface area contributed by atoms with Crippen LogP contribution in [0.15, 0.2) is 27.2 Å². The third-order valence-corrected chi connectivity index (χ3v) is 2.83. The fourth-order valence-corrected chi connectivity index (χ4v) is 1.74. The van der Waals surface area contributed by atoms with Crippen molar-refractivity contribution in [3.05, 3.63) is 24.3 Å². The SMILES string of the molecule is CCCCN(CC)Cc1nnc(-c2ccco2)o1. The van der Waals surface area contributed by atoms with Crippen molar-refractivity contribution in [1.29, 1.82) is 0 Å². The fourth-order valence-electron chi connectivity index (χ4n) is 1.74. The summed E-state index contributed by atoms with van der Waals surface area (Å²) in [5.41, 5.74) is 0. The van der Waals surface area contributed by atoms with Crippen LogP contribution >= 0.6 is 0 Å². The molecule has 2 rings (SSSR count). The van der Waals surface area contributed by atoms with E-state index in [1.807, 2.05) is 6.07 Å². The van der Waals surface area contributed by atoms with Crippen LogP contribution in [0.25, 0.3) is 11.7 Å². The largest absolute Gasteiger partial charge is 0.459 e. The Morgan fingerprint density at radius 3 is 2.83 bits per heavy atom. The lowest BCUT2D eigenvalue weighted by atomic mass is 10.3. The molecule has 5 nitrogen and oxygen atoms in total. The summed E-state index contributed by atoms with van der Waals surface area (Å²) in [6.07, 6.45) is 3.98. The molecular formula is C13H19N3O2. The Labute approximate surface area is 107 Å². The number of rotatable bonds is 7. The Kier molecular flexibility index (Phi) is 4.52. The molecule has 0 aromatic carbocycles. The zero-order chi connectivity index (χ0) is 12.8. The third-order valence-electron chi connectivity index (χ3n) is 2.83. The summed E-state index contributed by atoms with van der Waals surface area (Å²) in [5.74, 6) is 1.70. The predicted octanol–water partition coefficient (Wildman–Crippen LogP) is 2.95. The Balaban J connectivity index is 1.97. The van der Waals surface area contributed by atoms with Crippen molar-refractivity contribution in [3.63, 3.8) is 0 Å². The summed E-state index contributed by atoms with van der Waals surface area (Å²) in [6, 6.07) is 3.62. The van der Waals surface area contributed by atoms with E-state index in [9.17, 15) is 0 Å². The average molecular weight is 249 g/mol. The molecule has 0 unspecified atom stereocenters. The zero-order valence-electron chi connectivity index (χ0n) is 10.9. The van der Waals surface area contributed by atoms with Crippen LogP contribution in [0, 0.1) is 0 Å². The zero-order valence-corrected chi connectivity index (χ0v) is 10.9. The quantitative estimate of drug-likeness (QED) is 0.755. The van der Waals surface area contributed by atoms with E-state index in [0.29, 0.717) is 24.1 Å². The molecule has 2 heterocycles. The Morgan fingerprint density at radius 2 is 2.17 bits per heavy atom. The van der Waals surface area contributed by atoms with Gasteiger partial charge in [-0.3, -0.25) is 4.90 Å². The Bertz CT molecular complexity index is 451. The maximum atomic E-state index is 5.58. The Morgan fingerprint density at radius 1 is 1.28 bits per heavy atom. The first-order chi connectivity index (χ1) is 8.83. The minimum atomic E-state index is 0.446. The van der Waals surface area contributed by atoms with Crippen molar-refractivity contribution in [1.82, 2.24) is 15.1 Å². The molecule has 0 saturated heterocycles. The number of unbranched alkanes of at least 4 members (excludes halogenated alkanes) is 1. The topological polar surface area (TPSA) is 55.3 Å². The number of hydrogen-bond acceptors (Lipinski definition) is 5. The molecule has 2 aromatic heterocycles. The highest BCUT2D eigenvalue weighted by atomic mass is 16.4. The second-order valence-corrected chi connectivity index (χ2v) is 4.20. The second kappa shape index (κ2) is 6.35. The van der Waals surface area contributed by atoms with Gasteiger partial charge in [0.2, 0.25) is 5.89 Å². The van der Waals surface area contributed by atoms with Gasteiger partial charge < -0.3 is 8.83 Å². The van der Waals surface area contributed by atoms with E-state index in [0.717, 1.165) is 13.1 Å². The third kappa shape index (κ3) is 3.20. The maximum Gasteiger partial charge on any atom is 0.283 e. The number of nitrogens with zero attached hydrogens (tertiary/aromatic N) is 3. The van der Waals surface area contributed by atoms with Gasteiger partial charge in [-0.2, -0.15) is 0 Å². The van der Waals surface area contributed by atoms with Crippen molar-refractivity contribution < 1.29 is 8.83 Å². The van der Waals surface area contributed by atoms with Crippen LogP contribution in [0.1, 0.15) is 32.6 Å². The molecule has 98 valence electrons. The molecule has 0 atom stereocenters. The van der Waals surface area contributed by atoms with E-state index in [4.69, 9.17) is 8.83 Å². The van der Waals surface area contributed by atoms with Gasteiger partial charge in [-0.05, 0) is 31.6 Å². The predicted molar refractivity (Wildman–Crippen MR) is 67.9 cm³/mol. The number of hydrogen-bond donors (Lipinski definition) is 0. The van der Waals surface area contributed by atoms with E-state index in [1.54, 1.807) is 12.3 Å². The molecular weight excluding hydrogens is 230 g/mol. The Hall–Kier alpha value is -1.62. The van der Waals surface area contributed by atoms with Gasteiger partial charge in [0.15, 0.2) is 5.76 Å². The van der Waals surface area contributed by atoms with Crippen molar-refractivity contribution in [3.8, 4) is 11.7 Å². The minimum Gasteiger partial charge on any atom is -0.459 e. The van der Waals surface area contributed by atoms with Gasteiger partial charge in [0.25, 0.3) is 5.89 Å². The first kappa shape index (κ1) is 12.8. The van der Waals surface area contributed by atoms with Gasteiger partial charge in [0.1, 0.15) is 0 Å². The molecule has 0 saturated carbocycles. The summed E-state index contributed by atoms with van der Waals surface area (Å²) >= 11 is 0. The van der Waals surface area contributed by atoms with E-state index < -0.39 is 0 Å². The highest BCUT2D eigenvalue weighted by molar-refractivity contribution is 5.42. The van der Waals surface area contributed by atoms with Crippen molar-refractivity contribution >= 4 is 0 Å². The van der Waals surface area contributed by atoms with E-state index in [-0.39, 0.29) is 0 Å². The van der Waals surface area contributed by atoms with Gasteiger partial charge in [0, 0.05) is 0 Å². The normalized spacial score (nSPS) is 11.3. The molecule has 0 radical (unpaired) electrons. The van der Waals surface area contributed by atoms with Gasteiger partial charge in [-0.15, -0.1) is 10.2 Å². The molecule has 0 bridgehead atoms. The van der Waals surface area contributed by atoms with Crippen LogP contribution in [-0.2, 0) is 6.54 Å². The van der Waals surface area contributed by atoms with Crippen LogP contribution in [0.2, 0.25) is 0 Å². The molecule has 0 aliphatic heterocycles. The van der Waals surface area contributed by atoms with Gasteiger partial charge in [0.05, 0.1) is 12.8 Å². The lowest BCUT2D eigenvalue weighted by Crippen LogP contribution is -2.24. The molecule has 0 fully saturated rings. The van der Waals surface area contributed by atoms with Gasteiger partial charge >= 0.3 is 0 Å². The van der Waals surface area contributed by atoms with E-state index in [2.05, 4.69) is 28.9 Å². The van der Waals surface area contributed by atoms with Crippen molar-refractivity contribution in [2.24, 2.45) is 0 Å². The molecule has 0 amide bonds. The van der Waals surface area contributed by atoms with E-state index in [1.165, 1.54) is 12.8 Å². The van der Waals surface area contributed by atoms with Crippen LogP contribution in [0.4, 0.5) is 0 Å². The first-order valence-corrected chi connectivity index (χ1v) is 6.42. The molecule has 0 N–H and O–H groups in total. The highest BCUT2D eigenvalue weighted by Crippen LogP contribution is 2.18. The highest BCUT2D eigenvalue weighted by Gasteiger charge is 2.13. The van der Waals surface area contributed by atoms with E-state index >= 15 is 0 Å². The molecule has 0 aliphatic carbocycles. The summed E-state index contributed by atoms with van der Waals surface area (Å²) in [7, 11) is 0. The standard InChI is InChI=1S/C13H19N3O2/c1-3-5-8-16(4-2)10-12-14-15-13(18-12)11-7-6-9-17-11/h6-7,9H,3-5,8,10H2,1-2H3. The number of furan rings is 1. The molecule has 0 spiro atoms. The monoisotopic (exact) mass is 249 g/mol. The summed E-state index contributed by atoms with van der Waals surface area (Å²) in [5, 5.41) is 8.04. The lowest BCUT2D eigenvalue weighted by Gasteiger charge is -2.17. The molecule has 2 aromatic rings. The number of aromatic nitrogens is 2. The van der Waals surface area contributed by atoms with Gasteiger partial charge in [-0.25, -0.2) is 0 Å². The van der Waals surface area contributed by atoms with Crippen LogP contribution in [0.5, 0.6) is 0 Å². The van der Waals surface area contributed by atoms with Crippen LogP contribution < -0.4 is 0 Å². The molecule has 5 heteroatoms. The molecule has 0 aliphatic rings. The summed E-state index contributed by atoms with van der Waals surface area (Å²) in [4.78, 5) is 2.29. The fraction of sp³-hybridized carbons (Fsp3) is 0.538. The molecule has 18 heavy (non-hydrogen) atoms. The smallest absolute Gasteiger partial charge is 0.283 e. The summed E-state index contributed by atoms with van der Waals surface area (Å²) < 4.78 is 10.8. The minimum absolute atomic E-state index is 0.446. The maximum absolute atomic E-state index is 5.58. The average Bonchev–Trinajstić information content (AvgIpc) is 3.04. The van der Waals surface area contributed by atoms with Gasteiger partial charge in [-0.1, -0.05) is 20.3 Å².